The molecule has 1 aromatic heterocycles. The van der Waals surface area contributed by atoms with E-state index in [2.05, 4.69) is 45.5 Å². The van der Waals surface area contributed by atoms with Gasteiger partial charge in [-0.3, -0.25) is 4.90 Å². The molecule has 0 spiro atoms. The number of aromatic nitrogens is 3. The molecule has 0 amide bonds. The van der Waals surface area contributed by atoms with Gasteiger partial charge in [0.1, 0.15) is 0 Å². The van der Waals surface area contributed by atoms with Crippen LogP contribution in [0.4, 0.5) is 0 Å². The van der Waals surface area contributed by atoms with Crippen LogP contribution in [0.5, 0.6) is 0 Å². The molecule has 1 heterocycles. The third kappa shape index (κ3) is 4.00. The molecule has 0 aromatic carbocycles. The Morgan fingerprint density at radius 3 is 2.62 bits per heavy atom. The Kier molecular flexibility index (Phi) is 5.67. The van der Waals surface area contributed by atoms with Crippen molar-refractivity contribution < 1.29 is 10.2 Å². The molecular weight excluding hydrogens is 268 g/mol. The van der Waals surface area contributed by atoms with Gasteiger partial charge in [0.15, 0.2) is 0 Å². The van der Waals surface area contributed by atoms with Crippen LogP contribution in [0.25, 0.3) is 0 Å². The van der Waals surface area contributed by atoms with Gasteiger partial charge in [0.25, 0.3) is 0 Å². The van der Waals surface area contributed by atoms with Crippen molar-refractivity contribution in [2.75, 3.05) is 32.8 Å². The summed E-state index contributed by atoms with van der Waals surface area (Å²) in [6, 6.07) is 0. The maximum Gasteiger partial charge on any atom is 0.0901 e. The zero-order valence-electron chi connectivity index (χ0n) is 12.4. The number of allylic oxidation sites excluding steroid dienone is 4. The molecule has 2 unspecified atom stereocenters. The number of H-pyrrole nitrogens is 1. The molecule has 6 nitrogen and oxygen atoms in total. The van der Waals surface area contributed by atoms with Crippen LogP contribution < -0.4 is 0 Å². The fraction of sp³-hybridized carbons (Fsp3) is 0.600. The summed E-state index contributed by atoms with van der Waals surface area (Å²) in [4.78, 5) is 2.08. The lowest BCUT2D eigenvalue weighted by Gasteiger charge is -2.36. The quantitative estimate of drug-likeness (QED) is 0.656. The summed E-state index contributed by atoms with van der Waals surface area (Å²) in [5, 5.41) is 29.0. The Morgan fingerprint density at radius 2 is 2.00 bits per heavy atom. The van der Waals surface area contributed by atoms with Crippen molar-refractivity contribution in [3.63, 3.8) is 0 Å². The molecule has 0 bridgehead atoms. The molecule has 0 saturated heterocycles. The van der Waals surface area contributed by atoms with Crippen LogP contribution in [-0.4, -0.2) is 63.4 Å². The van der Waals surface area contributed by atoms with Crippen molar-refractivity contribution in [2.24, 2.45) is 5.41 Å². The molecule has 3 N–H and O–H groups in total. The minimum Gasteiger partial charge on any atom is -0.395 e. The van der Waals surface area contributed by atoms with Gasteiger partial charge >= 0.3 is 0 Å². The zero-order valence-corrected chi connectivity index (χ0v) is 12.4. The van der Waals surface area contributed by atoms with E-state index in [9.17, 15) is 0 Å². The van der Waals surface area contributed by atoms with Crippen molar-refractivity contribution in [2.45, 2.75) is 19.3 Å². The van der Waals surface area contributed by atoms with E-state index in [1.165, 1.54) is 0 Å². The van der Waals surface area contributed by atoms with E-state index in [-0.39, 0.29) is 24.5 Å². The van der Waals surface area contributed by atoms with Gasteiger partial charge in [-0.15, -0.1) is 0 Å². The summed E-state index contributed by atoms with van der Waals surface area (Å²) >= 11 is 0. The molecule has 2 atom stereocenters. The summed E-state index contributed by atoms with van der Waals surface area (Å²) in [6.07, 6.45) is 11.2. The maximum atomic E-state index is 9.10. The molecule has 21 heavy (non-hydrogen) atoms. The SMILES string of the molecule is CC1(CCN(CCO)CCO)C=CC=CC1c1cn[nH]n1. The molecular formula is C15H24N4O2. The Labute approximate surface area is 125 Å². The lowest BCUT2D eigenvalue weighted by atomic mass is 9.70. The molecule has 2 rings (SSSR count). The van der Waals surface area contributed by atoms with E-state index in [0.717, 1.165) is 18.7 Å². The van der Waals surface area contributed by atoms with Gasteiger partial charge in [0, 0.05) is 19.0 Å². The first-order valence-corrected chi connectivity index (χ1v) is 7.35. The van der Waals surface area contributed by atoms with Crippen molar-refractivity contribution in [3.05, 3.63) is 36.2 Å². The number of nitrogens with one attached hydrogen (secondary N) is 1. The Balaban J connectivity index is 2.04. The summed E-state index contributed by atoms with van der Waals surface area (Å²) in [5.41, 5.74) is 0.892. The Morgan fingerprint density at radius 1 is 1.24 bits per heavy atom. The molecule has 1 aliphatic rings. The molecule has 116 valence electrons. The van der Waals surface area contributed by atoms with Gasteiger partial charge in [-0.25, -0.2) is 0 Å². The zero-order chi connectivity index (χ0) is 15.1. The van der Waals surface area contributed by atoms with Crippen LogP contribution in [-0.2, 0) is 0 Å². The molecule has 1 aromatic rings. The molecule has 0 fully saturated rings. The molecule has 0 saturated carbocycles. The highest BCUT2D eigenvalue weighted by atomic mass is 16.3. The highest BCUT2D eigenvalue weighted by Gasteiger charge is 2.34. The first-order valence-electron chi connectivity index (χ1n) is 7.35. The second-order valence-corrected chi connectivity index (χ2v) is 5.66. The van der Waals surface area contributed by atoms with E-state index in [4.69, 9.17) is 10.2 Å². The van der Waals surface area contributed by atoms with Gasteiger partial charge in [-0.2, -0.15) is 15.4 Å². The van der Waals surface area contributed by atoms with Crippen molar-refractivity contribution >= 4 is 0 Å². The van der Waals surface area contributed by atoms with E-state index in [1.54, 1.807) is 6.20 Å². The summed E-state index contributed by atoms with van der Waals surface area (Å²) < 4.78 is 0. The lowest BCUT2D eigenvalue weighted by Crippen LogP contribution is -2.35. The standard InChI is InChI=1S/C15H24N4O2/c1-15(6-7-19(8-10-20)9-11-21)5-3-2-4-13(15)14-12-16-18-17-14/h2-5,12-13,20-21H,6-11H2,1H3,(H,16,17,18). The monoisotopic (exact) mass is 292 g/mol. The number of aromatic amines is 1. The predicted octanol–water partition coefficient (Wildman–Crippen LogP) is 0.697. The average molecular weight is 292 g/mol. The van der Waals surface area contributed by atoms with Crippen LogP contribution in [0.3, 0.4) is 0 Å². The maximum absolute atomic E-state index is 9.10. The number of rotatable bonds is 8. The van der Waals surface area contributed by atoms with Crippen LogP contribution in [0.1, 0.15) is 25.0 Å². The Hall–Kier alpha value is -1.50. The van der Waals surface area contributed by atoms with Gasteiger partial charge < -0.3 is 10.2 Å². The van der Waals surface area contributed by atoms with E-state index < -0.39 is 0 Å². The molecule has 0 aliphatic heterocycles. The highest BCUT2D eigenvalue weighted by molar-refractivity contribution is 5.28. The fourth-order valence-corrected chi connectivity index (χ4v) is 2.83. The normalized spacial score (nSPS) is 24.9. The molecule has 1 aliphatic carbocycles. The van der Waals surface area contributed by atoms with Crippen molar-refractivity contribution in [1.82, 2.24) is 20.3 Å². The largest absolute Gasteiger partial charge is 0.395 e. The summed E-state index contributed by atoms with van der Waals surface area (Å²) in [5.74, 6) is 0.186. The third-order valence-corrected chi connectivity index (χ3v) is 4.15. The smallest absolute Gasteiger partial charge is 0.0901 e. The highest BCUT2D eigenvalue weighted by Crippen LogP contribution is 2.42. The van der Waals surface area contributed by atoms with Crippen LogP contribution in [0.15, 0.2) is 30.5 Å². The number of nitrogens with zero attached hydrogens (tertiary/aromatic N) is 3. The minimum absolute atomic E-state index is 0.0468. The summed E-state index contributed by atoms with van der Waals surface area (Å²) in [7, 11) is 0. The molecule has 0 radical (unpaired) electrons. The van der Waals surface area contributed by atoms with Crippen molar-refractivity contribution in [1.29, 1.82) is 0 Å². The Bertz CT molecular complexity index is 466. The van der Waals surface area contributed by atoms with Crippen LogP contribution in [0, 0.1) is 5.41 Å². The third-order valence-electron chi connectivity index (χ3n) is 4.15. The topological polar surface area (TPSA) is 85.3 Å². The predicted molar refractivity (Wildman–Crippen MR) is 80.7 cm³/mol. The second kappa shape index (κ2) is 7.49. The second-order valence-electron chi connectivity index (χ2n) is 5.66. The van der Waals surface area contributed by atoms with E-state index in [1.807, 2.05) is 6.08 Å². The lowest BCUT2D eigenvalue weighted by molar-refractivity contribution is 0.146. The summed E-state index contributed by atoms with van der Waals surface area (Å²) in [6.45, 7) is 4.43. The van der Waals surface area contributed by atoms with Gasteiger partial charge in [0.05, 0.1) is 25.1 Å². The first kappa shape index (κ1) is 15.9. The first-order chi connectivity index (χ1) is 10.2. The minimum atomic E-state index is -0.0468. The number of hydrogen-bond donors (Lipinski definition) is 3. The van der Waals surface area contributed by atoms with Crippen LogP contribution >= 0.6 is 0 Å². The van der Waals surface area contributed by atoms with E-state index in [0.29, 0.717) is 13.1 Å². The van der Waals surface area contributed by atoms with Gasteiger partial charge in [0.2, 0.25) is 0 Å². The molecule has 6 heteroatoms. The fourth-order valence-electron chi connectivity index (χ4n) is 2.83. The van der Waals surface area contributed by atoms with Crippen molar-refractivity contribution in [3.8, 4) is 0 Å². The average Bonchev–Trinajstić information content (AvgIpc) is 3.00. The van der Waals surface area contributed by atoms with Gasteiger partial charge in [-0.05, 0) is 18.4 Å². The van der Waals surface area contributed by atoms with Gasteiger partial charge in [-0.1, -0.05) is 31.2 Å². The van der Waals surface area contributed by atoms with E-state index >= 15 is 0 Å². The number of aliphatic hydroxyl groups is 2. The van der Waals surface area contributed by atoms with Crippen LogP contribution in [0.2, 0.25) is 0 Å². The number of aliphatic hydroxyl groups excluding tert-OH is 2. The number of hydrogen-bond acceptors (Lipinski definition) is 5.